The molecule has 0 aliphatic carbocycles. The predicted octanol–water partition coefficient (Wildman–Crippen LogP) is 1.71. The van der Waals surface area contributed by atoms with Gasteiger partial charge < -0.3 is 10.4 Å². The number of carbonyl (C=O) groups is 2. The van der Waals surface area contributed by atoms with Crippen molar-refractivity contribution in [2.24, 2.45) is 0 Å². The number of halogens is 2. The van der Waals surface area contributed by atoms with E-state index in [9.17, 15) is 9.59 Å². The molecule has 1 amide bonds. The highest BCUT2D eigenvalue weighted by molar-refractivity contribution is 8.70. The van der Waals surface area contributed by atoms with E-state index >= 15 is 0 Å². The van der Waals surface area contributed by atoms with E-state index in [2.05, 4.69) is 5.32 Å². The van der Waals surface area contributed by atoms with Crippen molar-refractivity contribution in [3.8, 4) is 0 Å². The molecule has 4 nitrogen and oxygen atoms in total. The van der Waals surface area contributed by atoms with Crippen molar-refractivity contribution in [2.75, 3.05) is 6.54 Å². The molecule has 1 aliphatic rings. The molecule has 1 aliphatic heterocycles. The van der Waals surface area contributed by atoms with Crippen LogP contribution in [-0.2, 0) is 9.59 Å². The summed E-state index contributed by atoms with van der Waals surface area (Å²) >= 11 is 0. The molecule has 0 aromatic heterocycles. The molecule has 0 atom stereocenters. The Morgan fingerprint density at radius 1 is 1.50 bits per heavy atom. The van der Waals surface area contributed by atoms with Gasteiger partial charge in [0.15, 0.2) is 0 Å². The van der Waals surface area contributed by atoms with Crippen LogP contribution >= 0.6 is 29.8 Å². The lowest BCUT2D eigenvalue weighted by molar-refractivity contribution is -0.137. The lowest BCUT2D eigenvalue weighted by Crippen LogP contribution is -2.30. The van der Waals surface area contributed by atoms with Crippen LogP contribution in [0.15, 0.2) is 22.5 Å². The maximum atomic E-state index is 11.3. The lowest BCUT2D eigenvalue weighted by Gasteiger charge is -2.18. The third-order valence-electron chi connectivity index (χ3n) is 1.41. The molecule has 1 rings (SSSR count). The highest BCUT2D eigenvalue weighted by atomic mass is 36.0. The molecule has 14 heavy (non-hydrogen) atoms. The zero-order valence-corrected chi connectivity index (χ0v) is 9.20. The quantitative estimate of drug-likeness (QED) is 0.807. The van der Waals surface area contributed by atoms with Gasteiger partial charge in [-0.3, -0.25) is 9.59 Å². The standard InChI is InChI=1S/C7H7Cl2NO3S/c8-14(9)3-1-2-5(14)7(13)10-4-6(11)12/h1-3H,4H2,(H,10,13)(H,11,12). The van der Waals surface area contributed by atoms with Gasteiger partial charge in [-0.1, -0.05) is 6.08 Å². The molecule has 0 spiro atoms. The minimum absolute atomic E-state index is 0.210. The van der Waals surface area contributed by atoms with E-state index in [1.165, 1.54) is 11.5 Å². The van der Waals surface area contributed by atoms with E-state index in [1.807, 2.05) is 0 Å². The van der Waals surface area contributed by atoms with Crippen LogP contribution in [0.25, 0.3) is 0 Å². The normalized spacial score (nSPS) is 20.0. The molecular formula is C7H7Cl2NO3S. The zero-order valence-electron chi connectivity index (χ0n) is 6.87. The smallest absolute Gasteiger partial charge is 0.322 e. The van der Waals surface area contributed by atoms with Crippen molar-refractivity contribution in [3.63, 3.8) is 0 Å². The zero-order chi connectivity index (χ0) is 10.8. The van der Waals surface area contributed by atoms with Gasteiger partial charge in [-0.2, -0.15) is 0 Å². The number of amides is 1. The van der Waals surface area contributed by atoms with Gasteiger partial charge in [0.1, 0.15) is 6.54 Å². The summed E-state index contributed by atoms with van der Waals surface area (Å²) in [6.45, 7) is -0.445. The van der Waals surface area contributed by atoms with E-state index in [1.54, 1.807) is 6.08 Å². The molecule has 0 aromatic rings. The Morgan fingerprint density at radius 2 is 2.14 bits per heavy atom. The van der Waals surface area contributed by atoms with Crippen LogP contribution < -0.4 is 5.32 Å². The highest BCUT2D eigenvalue weighted by Gasteiger charge is 2.29. The van der Waals surface area contributed by atoms with Gasteiger partial charge in [0.05, 0.1) is 4.91 Å². The third kappa shape index (κ3) is 2.67. The maximum absolute atomic E-state index is 11.3. The van der Waals surface area contributed by atoms with Crippen LogP contribution in [-0.4, -0.2) is 23.5 Å². The number of allylic oxidation sites excluding steroid dienone is 2. The molecular weight excluding hydrogens is 249 g/mol. The summed E-state index contributed by atoms with van der Waals surface area (Å²) in [6.07, 6.45) is 3.05. The number of carbonyl (C=O) groups excluding carboxylic acids is 1. The molecule has 1 heterocycles. The molecule has 2 N–H and O–H groups in total. The van der Waals surface area contributed by atoms with E-state index < -0.39 is 26.9 Å². The summed E-state index contributed by atoms with van der Waals surface area (Å²) in [6, 6.07) is 0. The Balaban J connectivity index is 2.59. The van der Waals surface area contributed by atoms with Crippen molar-refractivity contribution in [1.82, 2.24) is 5.32 Å². The number of hydrogen-bond acceptors (Lipinski definition) is 2. The van der Waals surface area contributed by atoms with Crippen molar-refractivity contribution >= 4 is 41.7 Å². The van der Waals surface area contributed by atoms with Crippen molar-refractivity contribution in [1.29, 1.82) is 0 Å². The average molecular weight is 256 g/mol. The number of rotatable bonds is 3. The molecule has 0 saturated carbocycles. The van der Waals surface area contributed by atoms with E-state index in [0.717, 1.165) is 0 Å². The molecule has 7 heteroatoms. The van der Waals surface area contributed by atoms with Gasteiger partial charge in [0, 0.05) is 0 Å². The number of hydrogen-bond donors (Lipinski definition) is 2. The van der Waals surface area contributed by atoms with Gasteiger partial charge in [0.2, 0.25) is 0 Å². The number of aliphatic carboxylic acids is 1. The van der Waals surface area contributed by atoms with Gasteiger partial charge in [-0.25, -0.2) is 0 Å². The maximum Gasteiger partial charge on any atom is 0.322 e. The summed E-state index contributed by atoms with van der Waals surface area (Å²) < 4.78 is 0. The molecule has 0 fully saturated rings. The van der Waals surface area contributed by atoms with Crippen LogP contribution in [0.1, 0.15) is 0 Å². The first kappa shape index (κ1) is 11.4. The average Bonchev–Trinajstić information content (AvgIpc) is 2.41. The first-order valence-electron chi connectivity index (χ1n) is 3.54. The summed E-state index contributed by atoms with van der Waals surface area (Å²) in [4.78, 5) is 21.7. The van der Waals surface area contributed by atoms with Gasteiger partial charge in [-0.05, 0) is 41.3 Å². The summed E-state index contributed by atoms with van der Waals surface area (Å²) in [5.74, 6) is -1.66. The molecule has 0 saturated heterocycles. The van der Waals surface area contributed by atoms with Crippen LogP contribution in [0, 0.1) is 0 Å². The fourth-order valence-corrected chi connectivity index (χ4v) is 2.92. The van der Waals surface area contributed by atoms with Crippen molar-refractivity contribution in [2.45, 2.75) is 0 Å². The predicted molar refractivity (Wildman–Crippen MR) is 57.2 cm³/mol. The minimum Gasteiger partial charge on any atom is -0.480 e. The van der Waals surface area contributed by atoms with Crippen LogP contribution in [0.4, 0.5) is 0 Å². The Labute approximate surface area is 90.9 Å². The first-order chi connectivity index (χ1) is 6.43. The highest BCUT2D eigenvalue weighted by Crippen LogP contribution is 2.68. The minimum atomic E-state index is -2.21. The van der Waals surface area contributed by atoms with E-state index in [4.69, 9.17) is 26.5 Å². The van der Waals surface area contributed by atoms with E-state index in [-0.39, 0.29) is 4.91 Å². The third-order valence-corrected chi connectivity index (χ3v) is 4.44. The number of carboxylic acids is 1. The van der Waals surface area contributed by atoms with Gasteiger partial charge >= 0.3 is 5.97 Å². The second-order valence-electron chi connectivity index (χ2n) is 2.44. The van der Waals surface area contributed by atoms with Gasteiger partial charge in [-0.15, -0.1) is 0 Å². The molecule has 0 unspecified atom stereocenters. The summed E-state index contributed by atoms with van der Waals surface area (Å²) in [5, 5.41) is 12.0. The Hall–Kier alpha value is -0.650. The monoisotopic (exact) mass is 255 g/mol. The Bertz CT molecular complexity index is 338. The Kier molecular flexibility index (Phi) is 3.47. The molecule has 78 valence electrons. The van der Waals surface area contributed by atoms with Crippen molar-refractivity contribution in [3.05, 3.63) is 22.5 Å². The second-order valence-corrected chi connectivity index (χ2v) is 7.57. The largest absolute Gasteiger partial charge is 0.480 e. The van der Waals surface area contributed by atoms with E-state index in [0.29, 0.717) is 0 Å². The summed E-state index contributed by atoms with van der Waals surface area (Å²) in [5.41, 5.74) is 0. The molecule has 0 bridgehead atoms. The summed E-state index contributed by atoms with van der Waals surface area (Å²) in [7, 11) is 9.44. The SMILES string of the molecule is O=C(O)CNC(=O)C1=CC=CS1(Cl)Cl. The van der Waals surface area contributed by atoms with Crippen LogP contribution in [0.2, 0.25) is 0 Å². The lowest BCUT2D eigenvalue weighted by atomic mass is 10.4. The van der Waals surface area contributed by atoms with Crippen LogP contribution in [0.5, 0.6) is 0 Å². The molecule has 0 radical (unpaired) electrons. The first-order valence-corrected chi connectivity index (χ1v) is 6.89. The number of carboxylic acid groups (broad SMARTS) is 1. The number of nitrogens with one attached hydrogen (secondary N) is 1. The Morgan fingerprint density at radius 3 is 2.57 bits per heavy atom. The van der Waals surface area contributed by atoms with Gasteiger partial charge in [0.25, 0.3) is 5.91 Å². The fourth-order valence-electron chi connectivity index (χ4n) is 0.832. The van der Waals surface area contributed by atoms with Crippen LogP contribution in [0.3, 0.4) is 0 Å². The fraction of sp³-hybridized carbons (Fsp3) is 0.143. The van der Waals surface area contributed by atoms with Crippen molar-refractivity contribution < 1.29 is 14.7 Å². The molecule has 0 aromatic carbocycles. The topological polar surface area (TPSA) is 66.4 Å². The second kappa shape index (κ2) is 4.25.